The molecule has 1 aromatic carbocycles. The maximum atomic E-state index is 12.3. The molecule has 1 N–H and O–H groups in total. The second kappa shape index (κ2) is 11.6. The zero-order chi connectivity index (χ0) is 17.1. The number of carbonyl (C=O) groups excluding carboxylic acids is 1. The van der Waals surface area contributed by atoms with Crippen LogP contribution in [0.2, 0.25) is 0 Å². The van der Waals surface area contributed by atoms with Crippen molar-refractivity contribution in [2.45, 2.75) is 39.0 Å². The minimum Gasteiger partial charge on any atom is -0.494 e. The van der Waals surface area contributed by atoms with Gasteiger partial charge in [0, 0.05) is 13.0 Å². The quantitative estimate of drug-likeness (QED) is 0.363. The summed E-state index contributed by atoms with van der Waals surface area (Å²) in [4.78, 5) is 13.8. The predicted molar refractivity (Wildman–Crippen MR) is 100 cm³/mol. The van der Waals surface area contributed by atoms with E-state index in [1.54, 1.807) is 16.7 Å². The number of aliphatic hydroxyl groups excluding tert-OH is 1. The van der Waals surface area contributed by atoms with Gasteiger partial charge in [-0.25, -0.2) is 0 Å². The molecule has 1 rings (SSSR count). The smallest absolute Gasteiger partial charge is 0.225 e. The first kappa shape index (κ1) is 20.2. The van der Waals surface area contributed by atoms with Crippen molar-refractivity contribution in [3.05, 3.63) is 29.8 Å². The number of carbonyl (C=O) groups is 1. The molecule has 1 aromatic rings. The number of hydrogen-bond donors (Lipinski definition) is 2. The minimum atomic E-state index is -0.749. The summed E-state index contributed by atoms with van der Waals surface area (Å²) in [6.45, 7) is 2.97. The second-order valence-electron chi connectivity index (χ2n) is 5.19. The van der Waals surface area contributed by atoms with Crippen LogP contribution in [0.4, 0.5) is 0 Å². The standard InChI is InChI=1S/C17H27NO3S2/c1-3-21-15-8-6-14(7-9-15)13-18(17(20)10-11-22)16(19)5-4-12-23-2/h6-9,16,19,22H,3-5,10-13H2,1-2H3. The molecule has 6 heteroatoms. The van der Waals surface area contributed by atoms with Crippen LogP contribution in [-0.4, -0.2) is 46.5 Å². The third-order valence-corrected chi connectivity index (χ3v) is 4.32. The van der Waals surface area contributed by atoms with Crippen LogP contribution < -0.4 is 4.74 Å². The lowest BCUT2D eigenvalue weighted by molar-refractivity contribution is -0.142. The van der Waals surface area contributed by atoms with E-state index in [0.29, 0.717) is 31.7 Å². The minimum absolute atomic E-state index is 0.0643. The fourth-order valence-corrected chi connectivity index (χ4v) is 2.87. The molecule has 1 amide bonds. The Morgan fingerprint density at radius 1 is 1.39 bits per heavy atom. The van der Waals surface area contributed by atoms with Gasteiger partial charge >= 0.3 is 0 Å². The van der Waals surface area contributed by atoms with Crippen LogP contribution in [0.15, 0.2) is 24.3 Å². The van der Waals surface area contributed by atoms with E-state index in [9.17, 15) is 9.90 Å². The molecule has 1 unspecified atom stereocenters. The van der Waals surface area contributed by atoms with Gasteiger partial charge in [0.25, 0.3) is 0 Å². The van der Waals surface area contributed by atoms with Crippen molar-refractivity contribution in [2.24, 2.45) is 0 Å². The van der Waals surface area contributed by atoms with Crippen molar-refractivity contribution in [1.82, 2.24) is 4.90 Å². The molecular weight excluding hydrogens is 330 g/mol. The highest BCUT2D eigenvalue weighted by Gasteiger charge is 2.21. The molecule has 0 saturated carbocycles. The van der Waals surface area contributed by atoms with Crippen molar-refractivity contribution < 1.29 is 14.6 Å². The maximum absolute atomic E-state index is 12.3. The zero-order valence-corrected chi connectivity index (χ0v) is 15.6. The van der Waals surface area contributed by atoms with Crippen LogP contribution >= 0.6 is 24.4 Å². The van der Waals surface area contributed by atoms with Crippen LogP contribution in [0, 0.1) is 0 Å². The van der Waals surface area contributed by atoms with Crippen LogP contribution in [0.5, 0.6) is 5.75 Å². The highest BCUT2D eigenvalue weighted by Crippen LogP contribution is 2.17. The van der Waals surface area contributed by atoms with E-state index in [4.69, 9.17) is 4.74 Å². The van der Waals surface area contributed by atoms with E-state index in [0.717, 1.165) is 23.5 Å². The molecule has 0 aliphatic carbocycles. The van der Waals surface area contributed by atoms with Crippen molar-refractivity contribution >= 4 is 30.3 Å². The number of hydrogen-bond acceptors (Lipinski definition) is 5. The number of ether oxygens (including phenoxy) is 1. The molecule has 1 atom stereocenters. The predicted octanol–water partition coefficient (Wildman–Crippen LogP) is 3.20. The van der Waals surface area contributed by atoms with E-state index in [2.05, 4.69) is 12.6 Å². The van der Waals surface area contributed by atoms with Crippen LogP contribution in [0.25, 0.3) is 0 Å². The van der Waals surface area contributed by atoms with Gasteiger partial charge in [-0.1, -0.05) is 12.1 Å². The summed E-state index contributed by atoms with van der Waals surface area (Å²) in [6.07, 6.45) is 3.10. The Bertz CT molecular complexity index is 454. The van der Waals surface area contributed by atoms with E-state index in [1.807, 2.05) is 37.4 Å². The van der Waals surface area contributed by atoms with Gasteiger partial charge in [0.05, 0.1) is 6.61 Å². The van der Waals surface area contributed by atoms with Gasteiger partial charge in [0.2, 0.25) is 5.91 Å². The summed E-state index contributed by atoms with van der Waals surface area (Å²) in [5.74, 6) is 2.21. The van der Waals surface area contributed by atoms with Crippen LogP contribution in [0.1, 0.15) is 31.7 Å². The van der Waals surface area contributed by atoms with Crippen molar-refractivity contribution in [3.8, 4) is 5.75 Å². The molecule has 130 valence electrons. The molecule has 0 radical (unpaired) electrons. The summed E-state index contributed by atoms with van der Waals surface area (Å²) in [7, 11) is 0. The molecule has 0 aromatic heterocycles. The molecule has 0 saturated heterocycles. The Morgan fingerprint density at radius 3 is 2.65 bits per heavy atom. The maximum Gasteiger partial charge on any atom is 0.225 e. The number of benzene rings is 1. The summed E-state index contributed by atoms with van der Waals surface area (Å²) < 4.78 is 5.42. The molecule has 0 aliphatic rings. The topological polar surface area (TPSA) is 49.8 Å². The van der Waals surface area contributed by atoms with Gasteiger partial charge in [-0.3, -0.25) is 4.79 Å². The normalized spacial score (nSPS) is 12.0. The van der Waals surface area contributed by atoms with E-state index in [-0.39, 0.29) is 5.91 Å². The Morgan fingerprint density at radius 2 is 2.09 bits per heavy atom. The number of rotatable bonds is 11. The van der Waals surface area contributed by atoms with Gasteiger partial charge in [-0.05, 0) is 55.2 Å². The second-order valence-corrected chi connectivity index (χ2v) is 6.62. The Hall–Kier alpha value is -0.850. The average Bonchev–Trinajstić information content (AvgIpc) is 2.54. The van der Waals surface area contributed by atoms with Gasteiger partial charge in [0.15, 0.2) is 0 Å². The fourth-order valence-electron chi connectivity index (χ4n) is 2.22. The summed E-state index contributed by atoms with van der Waals surface area (Å²) in [5, 5.41) is 10.4. The Balaban J connectivity index is 2.72. The third-order valence-electron chi connectivity index (χ3n) is 3.40. The third kappa shape index (κ3) is 7.50. The van der Waals surface area contributed by atoms with Gasteiger partial charge in [-0.2, -0.15) is 24.4 Å². The summed E-state index contributed by atoms with van der Waals surface area (Å²) in [6, 6.07) is 7.64. The molecule has 0 bridgehead atoms. The SMILES string of the molecule is CCOc1ccc(CN(C(=O)CCS)C(O)CCCSC)cc1. The number of amides is 1. The van der Waals surface area contributed by atoms with Crippen LogP contribution in [0.3, 0.4) is 0 Å². The lowest BCUT2D eigenvalue weighted by Gasteiger charge is -2.28. The molecule has 23 heavy (non-hydrogen) atoms. The number of thioether (sulfide) groups is 1. The first-order valence-corrected chi connectivity index (χ1v) is 9.94. The molecule has 0 spiro atoms. The highest BCUT2D eigenvalue weighted by molar-refractivity contribution is 7.98. The first-order chi connectivity index (χ1) is 11.1. The average molecular weight is 358 g/mol. The number of nitrogens with zero attached hydrogens (tertiary/aromatic N) is 1. The van der Waals surface area contributed by atoms with E-state index >= 15 is 0 Å². The molecular formula is C17H27NO3S2. The fraction of sp³-hybridized carbons (Fsp3) is 0.588. The molecule has 0 fully saturated rings. The largest absolute Gasteiger partial charge is 0.494 e. The lowest BCUT2D eigenvalue weighted by atomic mass is 10.1. The van der Waals surface area contributed by atoms with Gasteiger partial charge < -0.3 is 14.7 Å². The Kier molecular flexibility index (Phi) is 10.2. The molecule has 0 heterocycles. The monoisotopic (exact) mass is 357 g/mol. The van der Waals surface area contributed by atoms with E-state index in [1.165, 1.54) is 0 Å². The van der Waals surface area contributed by atoms with Crippen molar-refractivity contribution in [2.75, 3.05) is 24.4 Å². The van der Waals surface area contributed by atoms with Crippen molar-refractivity contribution in [1.29, 1.82) is 0 Å². The first-order valence-electron chi connectivity index (χ1n) is 7.91. The lowest BCUT2D eigenvalue weighted by Crippen LogP contribution is -2.40. The van der Waals surface area contributed by atoms with Gasteiger partial charge in [-0.15, -0.1) is 0 Å². The molecule has 4 nitrogen and oxygen atoms in total. The molecule has 0 aliphatic heterocycles. The van der Waals surface area contributed by atoms with Crippen molar-refractivity contribution in [3.63, 3.8) is 0 Å². The van der Waals surface area contributed by atoms with E-state index < -0.39 is 6.23 Å². The summed E-state index contributed by atoms with van der Waals surface area (Å²) in [5.41, 5.74) is 0.977. The van der Waals surface area contributed by atoms with Crippen LogP contribution in [-0.2, 0) is 11.3 Å². The number of aliphatic hydroxyl groups is 1. The highest BCUT2D eigenvalue weighted by atomic mass is 32.2. The Labute approximate surface area is 149 Å². The zero-order valence-electron chi connectivity index (χ0n) is 13.9. The number of thiol groups is 1. The summed E-state index contributed by atoms with van der Waals surface area (Å²) >= 11 is 5.87. The van der Waals surface area contributed by atoms with Gasteiger partial charge in [0.1, 0.15) is 12.0 Å².